The summed E-state index contributed by atoms with van der Waals surface area (Å²) in [6.45, 7) is 0.385. The largest absolute Gasteiger partial charge is 0.394 e. The second-order valence-corrected chi connectivity index (χ2v) is 3.28. The highest BCUT2D eigenvalue weighted by Crippen LogP contribution is 1.90. The number of nitrogens with two attached hydrogens (primary N) is 1. The van der Waals surface area contributed by atoms with Crippen LogP contribution < -0.4 is 5.73 Å². The van der Waals surface area contributed by atoms with Gasteiger partial charge in [0.15, 0.2) is 0 Å². The SMILES string of the molecule is N#CC(Br)CN.O=S(=O)(O)O. The van der Waals surface area contributed by atoms with Crippen molar-refractivity contribution in [3.05, 3.63) is 0 Å². The first-order valence-electron chi connectivity index (χ1n) is 2.25. The minimum atomic E-state index is -4.67. The fourth-order valence-corrected chi connectivity index (χ4v) is 0.0527. The first-order chi connectivity index (χ1) is 4.81. The van der Waals surface area contributed by atoms with Crippen molar-refractivity contribution in [1.29, 1.82) is 5.26 Å². The predicted molar refractivity (Wildman–Crippen MR) is 41.6 cm³/mol. The number of hydrogen-bond acceptors (Lipinski definition) is 4. The summed E-state index contributed by atoms with van der Waals surface area (Å²) in [5, 5.41) is 7.96. The fraction of sp³-hybridized carbons (Fsp3) is 0.667. The Morgan fingerprint density at radius 1 is 1.64 bits per heavy atom. The molecule has 0 aliphatic rings. The topological polar surface area (TPSA) is 124 Å². The van der Waals surface area contributed by atoms with Crippen LogP contribution in [-0.4, -0.2) is 28.9 Å². The van der Waals surface area contributed by atoms with E-state index in [0.29, 0.717) is 6.54 Å². The molecule has 0 amide bonds. The molecule has 0 bridgehead atoms. The van der Waals surface area contributed by atoms with Gasteiger partial charge in [-0.1, -0.05) is 15.9 Å². The Kier molecular flexibility index (Phi) is 7.92. The molecule has 0 fully saturated rings. The molecule has 0 heterocycles. The van der Waals surface area contributed by atoms with Crippen molar-refractivity contribution in [3.63, 3.8) is 0 Å². The molecule has 0 spiro atoms. The number of halogens is 1. The van der Waals surface area contributed by atoms with Crippen LogP contribution in [-0.2, 0) is 10.4 Å². The quantitative estimate of drug-likeness (QED) is 0.427. The van der Waals surface area contributed by atoms with Crippen LogP contribution in [0, 0.1) is 11.3 Å². The zero-order valence-electron chi connectivity index (χ0n) is 5.31. The minimum Gasteiger partial charge on any atom is -0.328 e. The van der Waals surface area contributed by atoms with Crippen LogP contribution >= 0.6 is 15.9 Å². The first kappa shape index (κ1) is 13.4. The second-order valence-electron chi connectivity index (χ2n) is 1.28. The van der Waals surface area contributed by atoms with E-state index in [1.54, 1.807) is 0 Å². The van der Waals surface area contributed by atoms with E-state index in [4.69, 9.17) is 28.5 Å². The van der Waals surface area contributed by atoms with Crippen LogP contribution in [0.15, 0.2) is 0 Å². The van der Waals surface area contributed by atoms with Crippen LogP contribution in [0.3, 0.4) is 0 Å². The van der Waals surface area contributed by atoms with Crippen molar-refractivity contribution in [1.82, 2.24) is 0 Å². The van der Waals surface area contributed by atoms with Gasteiger partial charge in [-0.25, -0.2) is 0 Å². The molecule has 0 aromatic rings. The van der Waals surface area contributed by atoms with Gasteiger partial charge in [-0.15, -0.1) is 0 Å². The van der Waals surface area contributed by atoms with Gasteiger partial charge in [0, 0.05) is 6.54 Å². The average molecular weight is 247 g/mol. The van der Waals surface area contributed by atoms with Crippen LogP contribution in [0.5, 0.6) is 0 Å². The van der Waals surface area contributed by atoms with Gasteiger partial charge < -0.3 is 5.73 Å². The molecule has 0 rings (SSSR count). The molecule has 0 aliphatic carbocycles. The standard InChI is InChI=1S/C3H5BrN2.H2O4S/c4-3(1-5)2-6;1-5(2,3)4/h3H,1,5H2;(H2,1,2,3,4). The lowest BCUT2D eigenvalue weighted by Crippen LogP contribution is -2.10. The van der Waals surface area contributed by atoms with Crippen LogP contribution in [0.4, 0.5) is 0 Å². The summed E-state index contributed by atoms with van der Waals surface area (Å²) in [6, 6.07) is 1.91. The Balaban J connectivity index is 0. The zero-order chi connectivity index (χ0) is 9.49. The van der Waals surface area contributed by atoms with Gasteiger partial charge in [0.2, 0.25) is 0 Å². The number of alkyl halides is 1. The van der Waals surface area contributed by atoms with Crippen molar-refractivity contribution in [2.75, 3.05) is 6.54 Å². The fourth-order valence-electron chi connectivity index (χ4n) is 0.0527. The highest BCUT2D eigenvalue weighted by molar-refractivity contribution is 9.09. The van der Waals surface area contributed by atoms with Crippen molar-refractivity contribution < 1.29 is 17.5 Å². The molecule has 11 heavy (non-hydrogen) atoms. The van der Waals surface area contributed by atoms with E-state index in [9.17, 15) is 0 Å². The zero-order valence-corrected chi connectivity index (χ0v) is 7.71. The summed E-state index contributed by atoms with van der Waals surface area (Å²) in [6.07, 6.45) is 0. The molecule has 0 aromatic carbocycles. The third kappa shape index (κ3) is 41.3. The van der Waals surface area contributed by atoms with Crippen LogP contribution in [0.1, 0.15) is 0 Å². The maximum absolute atomic E-state index is 8.74. The smallest absolute Gasteiger partial charge is 0.328 e. The molecule has 0 aliphatic heterocycles. The monoisotopic (exact) mass is 246 g/mol. The Morgan fingerprint density at radius 3 is 1.91 bits per heavy atom. The van der Waals surface area contributed by atoms with Crippen LogP contribution in [0.25, 0.3) is 0 Å². The van der Waals surface area contributed by atoms with Crippen LogP contribution in [0.2, 0.25) is 0 Å². The average Bonchev–Trinajstić information content (AvgIpc) is 1.83. The summed E-state index contributed by atoms with van der Waals surface area (Å²) in [5.41, 5.74) is 5.01. The van der Waals surface area contributed by atoms with Gasteiger partial charge in [0.25, 0.3) is 0 Å². The van der Waals surface area contributed by atoms with E-state index in [-0.39, 0.29) is 4.83 Å². The van der Waals surface area contributed by atoms with E-state index in [1.165, 1.54) is 0 Å². The molecule has 0 saturated heterocycles. The Bertz CT molecular complexity index is 212. The molecular weight excluding hydrogens is 240 g/mol. The lowest BCUT2D eigenvalue weighted by atomic mass is 10.5. The highest BCUT2D eigenvalue weighted by Gasteiger charge is 1.91. The summed E-state index contributed by atoms with van der Waals surface area (Å²) in [7, 11) is -4.67. The van der Waals surface area contributed by atoms with Gasteiger partial charge in [-0.2, -0.15) is 13.7 Å². The minimum absolute atomic E-state index is 0.169. The van der Waals surface area contributed by atoms with Gasteiger partial charge in [0.1, 0.15) is 4.83 Å². The molecule has 0 radical (unpaired) electrons. The molecular formula is C3H7BrN2O4S. The van der Waals surface area contributed by atoms with Gasteiger partial charge >= 0.3 is 10.4 Å². The van der Waals surface area contributed by atoms with Crippen molar-refractivity contribution in [2.45, 2.75) is 4.83 Å². The molecule has 4 N–H and O–H groups in total. The molecule has 1 unspecified atom stereocenters. The van der Waals surface area contributed by atoms with Crippen molar-refractivity contribution in [3.8, 4) is 6.07 Å². The molecule has 0 saturated carbocycles. The normalized spacial score (nSPS) is 12.3. The maximum Gasteiger partial charge on any atom is 0.394 e. The molecule has 66 valence electrons. The summed E-state index contributed by atoms with van der Waals surface area (Å²) in [4.78, 5) is -0.169. The summed E-state index contributed by atoms with van der Waals surface area (Å²) < 4.78 is 31.6. The molecule has 0 aromatic heterocycles. The third-order valence-electron chi connectivity index (χ3n) is 0.347. The van der Waals surface area contributed by atoms with E-state index in [1.807, 2.05) is 6.07 Å². The second kappa shape index (κ2) is 6.51. The van der Waals surface area contributed by atoms with E-state index in [0.717, 1.165) is 0 Å². The Hall–Kier alpha value is -0.200. The number of nitrogens with zero attached hydrogens (tertiary/aromatic N) is 1. The number of rotatable bonds is 1. The Labute approximate surface area is 72.7 Å². The Morgan fingerprint density at radius 2 is 1.91 bits per heavy atom. The molecule has 6 nitrogen and oxygen atoms in total. The van der Waals surface area contributed by atoms with Gasteiger partial charge in [-0.05, 0) is 0 Å². The summed E-state index contributed by atoms with van der Waals surface area (Å²) >= 11 is 2.99. The summed E-state index contributed by atoms with van der Waals surface area (Å²) in [5.74, 6) is 0. The predicted octanol–water partition coefficient (Wildman–Crippen LogP) is -0.421. The van der Waals surface area contributed by atoms with E-state index >= 15 is 0 Å². The third-order valence-corrected chi connectivity index (χ3v) is 0.926. The first-order valence-corrected chi connectivity index (χ1v) is 4.56. The lowest BCUT2D eigenvalue weighted by Gasteiger charge is -1.85. The van der Waals surface area contributed by atoms with Crippen molar-refractivity contribution in [2.24, 2.45) is 5.73 Å². The number of hydrogen-bond donors (Lipinski definition) is 3. The van der Waals surface area contributed by atoms with E-state index in [2.05, 4.69) is 15.9 Å². The van der Waals surface area contributed by atoms with Gasteiger partial charge in [0.05, 0.1) is 6.07 Å². The van der Waals surface area contributed by atoms with Gasteiger partial charge in [-0.3, -0.25) is 9.11 Å². The highest BCUT2D eigenvalue weighted by atomic mass is 79.9. The van der Waals surface area contributed by atoms with Crippen molar-refractivity contribution >= 4 is 26.3 Å². The maximum atomic E-state index is 8.74. The lowest BCUT2D eigenvalue weighted by molar-refractivity contribution is 0.381. The number of nitriles is 1. The molecule has 1 atom stereocenters. The van der Waals surface area contributed by atoms with E-state index < -0.39 is 10.4 Å². The molecule has 8 heteroatoms.